The van der Waals surface area contributed by atoms with Crippen molar-refractivity contribution in [2.45, 2.75) is 6.92 Å². The van der Waals surface area contributed by atoms with Gasteiger partial charge in [0.15, 0.2) is 0 Å². The number of benzene rings is 1. The second kappa shape index (κ2) is 3.13. The standard InChI is InChI=1S/C10H9BrN2O/c1-6-5-7-3-2-4-8(10(12)14)9(7)13(6)11/h2-5H,1H3,(H2,12,14). The van der Waals surface area contributed by atoms with Crippen LogP contribution in [0.4, 0.5) is 0 Å². The van der Waals surface area contributed by atoms with Crippen molar-refractivity contribution in [1.29, 1.82) is 0 Å². The molecule has 3 nitrogen and oxygen atoms in total. The molecule has 14 heavy (non-hydrogen) atoms. The zero-order valence-electron chi connectivity index (χ0n) is 7.62. The molecule has 2 N–H and O–H groups in total. The fourth-order valence-corrected chi connectivity index (χ4v) is 2.05. The van der Waals surface area contributed by atoms with Crippen LogP contribution in [0.3, 0.4) is 0 Å². The highest BCUT2D eigenvalue weighted by molar-refractivity contribution is 9.08. The molecule has 0 radical (unpaired) electrons. The number of halogens is 1. The van der Waals surface area contributed by atoms with Gasteiger partial charge in [0.05, 0.1) is 27.2 Å². The van der Waals surface area contributed by atoms with Crippen LogP contribution in [0.25, 0.3) is 10.9 Å². The number of carbonyl (C=O) groups excluding carboxylic acids is 1. The quantitative estimate of drug-likeness (QED) is 0.832. The highest BCUT2D eigenvalue weighted by Crippen LogP contribution is 2.24. The van der Waals surface area contributed by atoms with Gasteiger partial charge in [-0.25, -0.2) is 0 Å². The summed E-state index contributed by atoms with van der Waals surface area (Å²) in [5.41, 5.74) is 7.69. The third-order valence-electron chi connectivity index (χ3n) is 2.20. The molecule has 2 aromatic rings. The average molecular weight is 253 g/mol. The third kappa shape index (κ3) is 1.23. The molecule has 0 spiro atoms. The van der Waals surface area contributed by atoms with Crippen LogP contribution in [0, 0.1) is 6.92 Å². The lowest BCUT2D eigenvalue weighted by molar-refractivity contribution is 0.100. The highest BCUT2D eigenvalue weighted by atomic mass is 79.9. The molecule has 1 aromatic heterocycles. The van der Waals surface area contributed by atoms with E-state index < -0.39 is 5.91 Å². The van der Waals surface area contributed by atoms with E-state index in [1.165, 1.54) is 0 Å². The summed E-state index contributed by atoms with van der Waals surface area (Å²) in [6.45, 7) is 1.96. The molecule has 0 saturated carbocycles. The summed E-state index contributed by atoms with van der Waals surface area (Å²) in [6, 6.07) is 7.50. The molecule has 0 saturated heterocycles. The van der Waals surface area contributed by atoms with Gasteiger partial charge in [-0.3, -0.25) is 8.39 Å². The first-order chi connectivity index (χ1) is 6.61. The van der Waals surface area contributed by atoms with Crippen LogP contribution in [-0.4, -0.2) is 9.50 Å². The van der Waals surface area contributed by atoms with Gasteiger partial charge in [0.2, 0.25) is 0 Å². The molecule has 0 aliphatic rings. The molecule has 2 rings (SSSR count). The Hall–Kier alpha value is -1.29. The van der Waals surface area contributed by atoms with Gasteiger partial charge in [-0.1, -0.05) is 12.1 Å². The Labute approximate surface area is 89.8 Å². The zero-order valence-corrected chi connectivity index (χ0v) is 9.21. The van der Waals surface area contributed by atoms with Crippen molar-refractivity contribution in [2.24, 2.45) is 5.73 Å². The zero-order chi connectivity index (χ0) is 10.3. The second-order valence-corrected chi connectivity index (χ2v) is 3.88. The van der Waals surface area contributed by atoms with E-state index in [1.54, 1.807) is 9.66 Å². The molecule has 0 aliphatic carbocycles. The summed E-state index contributed by atoms with van der Waals surface area (Å²) in [5, 5.41) is 1.01. The van der Waals surface area contributed by atoms with Gasteiger partial charge in [-0.15, -0.1) is 0 Å². The molecule has 0 bridgehead atoms. The molecule has 1 amide bonds. The Morgan fingerprint density at radius 1 is 1.50 bits per heavy atom. The number of aryl methyl sites for hydroxylation is 1. The smallest absolute Gasteiger partial charge is 0.250 e. The predicted octanol–water partition coefficient (Wildman–Crippen LogP) is 2.21. The minimum atomic E-state index is -0.408. The van der Waals surface area contributed by atoms with E-state index in [-0.39, 0.29) is 0 Å². The van der Waals surface area contributed by atoms with E-state index in [4.69, 9.17) is 5.73 Å². The maximum atomic E-state index is 11.2. The molecule has 0 atom stereocenters. The maximum absolute atomic E-state index is 11.2. The number of carbonyl (C=O) groups is 1. The predicted molar refractivity (Wildman–Crippen MR) is 59.5 cm³/mol. The lowest BCUT2D eigenvalue weighted by Crippen LogP contribution is -2.11. The Bertz CT molecular complexity index is 516. The summed E-state index contributed by atoms with van der Waals surface area (Å²) in [6.07, 6.45) is 0. The summed E-state index contributed by atoms with van der Waals surface area (Å²) < 4.78 is 1.79. The van der Waals surface area contributed by atoms with Crippen molar-refractivity contribution in [2.75, 3.05) is 0 Å². The first-order valence-corrected chi connectivity index (χ1v) is 4.89. The molecule has 4 heteroatoms. The topological polar surface area (TPSA) is 48.0 Å². The minimum absolute atomic E-state index is 0.408. The first-order valence-electron chi connectivity index (χ1n) is 4.18. The molecular weight excluding hydrogens is 244 g/mol. The van der Waals surface area contributed by atoms with Crippen LogP contribution >= 0.6 is 16.1 Å². The van der Waals surface area contributed by atoms with Gasteiger partial charge in [0.1, 0.15) is 0 Å². The number of primary amides is 1. The van der Waals surface area contributed by atoms with Crippen LogP contribution in [0.5, 0.6) is 0 Å². The van der Waals surface area contributed by atoms with Crippen molar-refractivity contribution in [3.63, 3.8) is 0 Å². The number of amides is 1. The maximum Gasteiger partial charge on any atom is 0.250 e. The van der Waals surface area contributed by atoms with Gasteiger partial charge in [-0.05, 0) is 19.1 Å². The van der Waals surface area contributed by atoms with E-state index in [2.05, 4.69) is 16.1 Å². The number of aromatic nitrogens is 1. The average Bonchev–Trinajstić information content (AvgIpc) is 2.43. The van der Waals surface area contributed by atoms with Crippen molar-refractivity contribution in [3.05, 3.63) is 35.5 Å². The van der Waals surface area contributed by atoms with Gasteiger partial charge < -0.3 is 5.73 Å². The van der Waals surface area contributed by atoms with Crippen LogP contribution in [0.1, 0.15) is 16.1 Å². The van der Waals surface area contributed by atoms with E-state index in [9.17, 15) is 4.79 Å². The fraction of sp³-hybridized carbons (Fsp3) is 0.100. The van der Waals surface area contributed by atoms with Crippen LogP contribution in [0.2, 0.25) is 0 Å². The normalized spacial score (nSPS) is 10.7. The molecule has 0 aliphatic heterocycles. The van der Waals surface area contributed by atoms with E-state index >= 15 is 0 Å². The Morgan fingerprint density at radius 3 is 2.86 bits per heavy atom. The minimum Gasteiger partial charge on any atom is -0.366 e. The molecule has 0 fully saturated rings. The summed E-state index contributed by atoms with van der Waals surface area (Å²) in [7, 11) is 0. The first kappa shape index (κ1) is 9.27. The van der Waals surface area contributed by atoms with Gasteiger partial charge in [0.25, 0.3) is 5.91 Å². The van der Waals surface area contributed by atoms with Gasteiger partial charge >= 0.3 is 0 Å². The molecule has 0 unspecified atom stereocenters. The second-order valence-electron chi connectivity index (χ2n) is 3.17. The third-order valence-corrected chi connectivity index (χ3v) is 3.12. The van der Waals surface area contributed by atoms with Gasteiger partial charge in [-0.2, -0.15) is 0 Å². The fourth-order valence-electron chi connectivity index (χ4n) is 1.55. The van der Waals surface area contributed by atoms with Crippen molar-refractivity contribution >= 4 is 33.0 Å². The van der Waals surface area contributed by atoms with E-state index in [1.807, 2.05) is 25.1 Å². The van der Waals surface area contributed by atoms with Crippen LogP contribution < -0.4 is 5.73 Å². The number of rotatable bonds is 1. The number of hydrogen-bond donors (Lipinski definition) is 1. The van der Waals surface area contributed by atoms with E-state index in [0.717, 1.165) is 16.6 Å². The Kier molecular flexibility index (Phi) is 2.07. The highest BCUT2D eigenvalue weighted by Gasteiger charge is 2.11. The van der Waals surface area contributed by atoms with Crippen LogP contribution in [0.15, 0.2) is 24.3 Å². The van der Waals surface area contributed by atoms with E-state index in [0.29, 0.717) is 5.56 Å². The summed E-state index contributed by atoms with van der Waals surface area (Å²) in [5.74, 6) is -0.408. The number of nitrogens with zero attached hydrogens (tertiary/aromatic N) is 1. The van der Waals surface area contributed by atoms with Crippen molar-refractivity contribution in [3.8, 4) is 0 Å². The monoisotopic (exact) mass is 252 g/mol. The number of fused-ring (bicyclic) bond motifs is 1. The van der Waals surface area contributed by atoms with Gasteiger partial charge in [0, 0.05) is 11.1 Å². The Balaban J connectivity index is 2.91. The molecule has 1 heterocycles. The number of para-hydroxylation sites is 1. The van der Waals surface area contributed by atoms with Crippen molar-refractivity contribution in [1.82, 2.24) is 3.59 Å². The lowest BCUT2D eigenvalue weighted by Gasteiger charge is -2.01. The molecular formula is C10H9BrN2O. The molecule has 72 valence electrons. The number of hydrogen-bond acceptors (Lipinski definition) is 1. The Morgan fingerprint density at radius 2 is 2.21 bits per heavy atom. The number of nitrogens with two attached hydrogens (primary N) is 1. The largest absolute Gasteiger partial charge is 0.366 e. The summed E-state index contributed by atoms with van der Waals surface area (Å²) in [4.78, 5) is 11.2. The lowest BCUT2D eigenvalue weighted by atomic mass is 10.1. The SMILES string of the molecule is Cc1cc2cccc(C(N)=O)c2n1Br. The summed E-state index contributed by atoms with van der Waals surface area (Å²) >= 11 is 3.38. The molecule has 1 aromatic carbocycles. The van der Waals surface area contributed by atoms with Crippen LogP contribution in [-0.2, 0) is 0 Å². The van der Waals surface area contributed by atoms with Crippen molar-refractivity contribution < 1.29 is 4.79 Å².